The van der Waals surface area contributed by atoms with Gasteiger partial charge in [-0.2, -0.15) is 0 Å². The number of nitrogens with one attached hydrogen (secondary N) is 1. The number of urea groups is 1. The van der Waals surface area contributed by atoms with Gasteiger partial charge >= 0.3 is 17.8 Å². The summed E-state index contributed by atoms with van der Waals surface area (Å²) in [5.41, 5.74) is 4.97. The van der Waals surface area contributed by atoms with Crippen molar-refractivity contribution in [1.82, 2.24) is 5.32 Å². The topological polar surface area (TPSA) is 66.5 Å². The van der Waals surface area contributed by atoms with Gasteiger partial charge in [0, 0.05) is 0 Å². The molecule has 0 spiro atoms. The van der Waals surface area contributed by atoms with Crippen molar-refractivity contribution in [1.29, 1.82) is 0 Å². The molecular formula is C16H10N2O3. The highest BCUT2D eigenvalue weighted by Gasteiger charge is 2.38. The van der Waals surface area contributed by atoms with Crippen molar-refractivity contribution in [3.8, 4) is 11.1 Å². The van der Waals surface area contributed by atoms with E-state index in [0.717, 1.165) is 22.4 Å². The molecule has 0 aromatic heterocycles. The number of benzene rings is 2. The van der Waals surface area contributed by atoms with E-state index in [4.69, 9.17) is 0 Å². The number of carbonyl (C=O) groups is 3. The summed E-state index contributed by atoms with van der Waals surface area (Å²) in [5.74, 6) is -1.72. The number of hydrogen-bond donors (Lipinski definition) is 1. The Hall–Kier alpha value is -2.95. The summed E-state index contributed by atoms with van der Waals surface area (Å²) >= 11 is 0. The van der Waals surface area contributed by atoms with Gasteiger partial charge in [0.25, 0.3) is 0 Å². The van der Waals surface area contributed by atoms with Crippen molar-refractivity contribution in [3.63, 3.8) is 0 Å². The minimum atomic E-state index is -0.885. The largest absolute Gasteiger partial charge is 0.336 e. The van der Waals surface area contributed by atoms with Crippen molar-refractivity contribution >= 4 is 23.5 Å². The van der Waals surface area contributed by atoms with Gasteiger partial charge in [0.15, 0.2) is 0 Å². The third-order valence-corrected chi connectivity index (χ3v) is 3.86. The molecule has 21 heavy (non-hydrogen) atoms. The SMILES string of the molecule is O=C1NC(=O)N(c2ccc3c(c2)Cc2ccccc2-3)C1=O. The molecule has 0 atom stereocenters. The fourth-order valence-electron chi connectivity index (χ4n) is 2.91. The lowest BCUT2D eigenvalue weighted by molar-refractivity contribution is -0.134. The molecular weight excluding hydrogens is 268 g/mol. The second-order valence-electron chi connectivity index (χ2n) is 5.08. The number of fused-ring (bicyclic) bond motifs is 3. The Bertz CT molecular complexity index is 826. The lowest BCUT2D eigenvalue weighted by atomic mass is 10.1. The molecule has 102 valence electrons. The molecule has 4 rings (SSSR count). The first kappa shape index (κ1) is 11.8. The Kier molecular flexibility index (Phi) is 2.27. The van der Waals surface area contributed by atoms with Gasteiger partial charge in [0.1, 0.15) is 0 Å². The second kappa shape index (κ2) is 4.02. The lowest BCUT2D eigenvalue weighted by Crippen LogP contribution is -2.30. The van der Waals surface area contributed by atoms with Crippen molar-refractivity contribution in [2.75, 3.05) is 4.90 Å². The molecule has 1 fully saturated rings. The van der Waals surface area contributed by atoms with E-state index in [9.17, 15) is 14.4 Å². The van der Waals surface area contributed by atoms with E-state index in [2.05, 4.69) is 12.1 Å². The van der Waals surface area contributed by atoms with Gasteiger partial charge in [0.05, 0.1) is 5.69 Å². The van der Waals surface area contributed by atoms with E-state index >= 15 is 0 Å². The van der Waals surface area contributed by atoms with E-state index in [1.54, 1.807) is 12.1 Å². The van der Waals surface area contributed by atoms with Gasteiger partial charge in [-0.25, -0.2) is 9.69 Å². The number of rotatable bonds is 1. The van der Waals surface area contributed by atoms with Crippen LogP contribution in [0.3, 0.4) is 0 Å². The smallest absolute Gasteiger partial charge is 0.269 e. The zero-order chi connectivity index (χ0) is 14.6. The maximum Gasteiger partial charge on any atom is 0.336 e. The second-order valence-corrected chi connectivity index (χ2v) is 5.08. The van der Waals surface area contributed by atoms with Crippen LogP contribution in [0.1, 0.15) is 11.1 Å². The highest BCUT2D eigenvalue weighted by atomic mass is 16.2. The van der Waals surface area contributed by atoms with Crippen LogP contribution >= 0.6 is 0 Å². The number of carbonyl (C=O) groups excluding carboxylic acids is 3. The molecule has 1 aliphatic carbocycles. The van der Waals surface area contributed by atoms with Crippen molar-refractivity contribution in [3.05, 3.63) is 53.6 Å². The molecule has 0 unspecified atom stereocenters. The van der Waals surface area contributed by atoms with Crippen LogP contribution in [0, 0.1) is 0 Å². The normalized spacial score (nSPS) is 16.0. The molecule has 0 bridgehead atoms. The van der Waals surface area contributed by atoms with Gasteiger partial charge in [-0.1, -0.05) is 30.3 Å². The van der Waals surface area contributed by atoms with E-state index in [1.165, 1.54) is 11.1 Å². The Morgan fingerprint density at radius 1 is 0.905 bits per heavy atom. The first-order valence-corrected chi connectivity index (χ1v) is 6.56. The third-order valence-electron chi connectivity index (χ3n) is 3.86. The molecule has 2 aromatic rings. The summed E-state index contributed by atoms with van der Waals surface area (Å²) in [6, 6.07) is 12.8. The first-order valence-electron chi connectivity index (χ1n) is 6.56. The van der Waals surface area contributed by atoms with Gasteiger partial charge in [0.2, 0.25) is 0 Å². The molecule has 1 N–H and O–H groups in total. The van der Waals surface area contributed by atoms with Crippen LogP contribution in [-0.4, -0.2) is 17.8 Å². The summed E-state index contributed by atoms with van der Waals surface area (Å²) in [6.45, 7) is 0. The van der Waals surface area contributed by atoms with Crippen molar-refractivity contribution in [2.45, 2.75) is 6.42 Å². The predicted octanol–water partition coefficient (Wildman–Crippen LogP) is 1.84. The van der Waals surface area contributed by atoms with Crippen molar-refractivity contribution in [2.24, 2.45) is 0 Å². The minimum absolute atomic E-state index is 0.426. The average Bonchev–Trinajstić information content (AvgIpc) is 2.96. The molecule has 1 saturated heterocycles. The summed E-state index contributed by atoms with van der Waals surface area (Å²) < 4.78 is 0. The summed E-state index contributed by atoms with van der Waals surface area (Å²) in [6.07, 6.45) is 0.761. The maximum atomic E-state index is 11.7. The Labute approximate surface area is 120 Å². The van der Waals surface area contributed by atoms with Gasteiger partial charge in [-0.15, -0.1) is 0 Å². The first-order chi connectivity index (χ1) is 10.1. The van der Waals surface area contributed by atoms with Crippen LogP contribution in [0.5, 0.6) is 0 Å². The quantitative estimate of drug-likeness (QED) is 0.545. The van der Waals surface area contributed by atoms with Crippen LogP contribution in [0.4, 0.5) is 10.5 Å². The van der Waals surface area contributed by atoms with E-state index in [0.29, 0.717) is 5.69 Å². The maximum absolute atomic E-state index is 11.7. The van der Waals surface area contributed by atoms with Crippen LogP contribution < -0.4 is 10.2 Å². The fraction of sp³-hybridized carbons (Fsp3) is 0.0625. The van der Waals surface area contributed by atoms with Gasteiger partial charge in [-0.05, 0) is 40.8 Å². The van der Waals surface area contributed by atoms with Gasteiger partial charge in [-0.3, -0.25) is 14.9 Å². The summed E-state index contributed by atoms with van der Waals surface area (Å²) in [4.78, 5) is 35.6. The molecule has 0 saturated carbocycles. The van der Waals surface area contributed by atoms with E-state index in [1.807, 2.05) is 23.5 Å². The number of anilines is 1. The zero-order valence-electron chi connectivity index (χ0n) is 10.9. The molecule has 1 aliphatic heterocycles. The Morgan fingerprint density at radius 3 is 2.43 bits per heavy atom. The minimum Gasteiger partial charge on any atom is -0.269 e. The Balaban J connectivity index is 1.79. The zero-order valence-corrected chi connectivity index (χ0v) is 10.9. The molecule has 1 heterocycles. The fourth-order valence-corrected chi connectivity index (χ4v) is 2.91. The van der Waals surface area contributed by atoms with E-state index in [-0.39, 0.29) is 0 Å². The monoisotopic (exact) mass is 278 g/mol. The summed E-state index contributed by atoms with van der Waals surface area (Å²) in [7, 11) is 0. The highest BCUT2D eigenvalue weighted by Crippen LogP contribution is 2.38. The van der Waals surface area contributed by atoms with Crippen LogP contribution in [0.25, 0.3) is 11.1 Å². The Morgan fingerprint density at radius 2 is 1.67 bits per heavy atom. The molecule has 2 aliphatic rings. The molecule has 2 aromatic carbocycles. The highest BCUT2D eigenvalue weighted by molar-refractivity contribution is 6.53. The van der Waals surface area contributed by atoms with Crippen molar-refractivity contribution < 1.29 is 14.4 Å². The van der Waals surface area contributed by atoms with E-state index < -0.39 is 17.8 Å². The standard InChI is InChI=1S/C16H10N2O3/c19-14-15(20)18(16(21)17-14)11-5-6-13-10(8-11)7-9-3-1-2-4-12(9)13/h1-6,8H,7H2,(H,17,19,21). The number of hydrogen-bond acceptors (Lipinski definition) is 3. The van der Waals surface area contributed by atoms with Crippen LogP contribution in [0.15, 0.2) is 42.5 Å². The average molecular weight is 278 g/mol. The predicted molar refractivity (Wildman–Crippen MR) is 75.7 cm³/mol. The molecule has 5 nitrogen and oxygen atoms in total. The third kappa shape index (κ3) is 1.61. The number of imide groups is 2. The number of nitrogens with zero attached hydrogens (tertiary/aromatic N) is 1. The molecule has 4 amide bonds. The molecule has 0 radical (unpaired) electrons. The summed E-state index contributed by atoms with van der Waals surface area (Å²) in [5, 5.41) is 2.00. The molecule has 5 heteroatoms. The van der Waals surface area contributed by atoms with Crippen LogP contribution in [-0.2, 0) is 16.0 Å². The number of amides is 4. The van der Waals surface area contributed by atoms with Gasteiger partial charge < -0.3 is 0 Å². The lowest BCUT2D eigenvalue weighted by Gasteiger charge is -2.12. The van der Waals surface area contributed by atoms with Crippen LogP contribution in [0.2, 0.25) is 0 Å².